The predicted octanol–water partition coefficient (Wildman–Crippen LogP) is 1.55. The molecule has 0 radical (unpaired) electrons. The van der Waals surface area contributed by atoms with Crippen molar-refractivity contribution in [2.45, 2.75) is 56.9 Å². The number of carbonyl (C=O) groups excluding carboxylic acids is 3. The van der Waals surface area contributed by atoms with E-state index in [1.807, 2.05) is 30.0 Å². The zero-order valence-electron chi connectivity index (χ0n) is 18.0. The van der Waals surface area contributed by atoms with Crippen molar-refractivity contribution in [3.8, 4) is 0 Å². The molecule has 1 spiro atoms. The van der Waals surface area contributed by atoms with Gasteiger partial charge in [0.25, 0.3) is 5.91 Å². The van der Waals surface area contributed by atoms with Gasteiger partial charge in [-0.1, -0.05) is 25.1 Å². The maximum absolute atomic E-state index is 13.5. The van der Waals surface area contributed by atoms with Crippen LogP contribution in [-0.2, 0) is 19.1 Å². The molecule has 2 atom stereocenters. The number of hydrogen-bond acceptors (Lipinski definition) is 5. The molecular weight excluding hydrogens is 398 g/mol. The van der Waals surface area contributed by atoms with Crippen molar-refractivity contribution >= 4 is 17.7 Å². The van der Waals surface area contributed by atoms with Crippen molar-refractivity contribution in [1.82, 2.24) is 15.1 Å². The fourth-order valence-electron chi connectivity index (χ4n) is 4.75. The van der Waals surface area contributed by atoms with Crippen LogP contribution in [0.5, 0.6) is 0 Å². The number of likely N-dealkylation sites (tertiary alicyclic amines) is 1. The van der Waals surface area contributed by atoms with E-state index in [1.165, 1.54) is 0 Å². The van der Waals surface area contributed by atoms with E-state index in [0.717, 1.165) is 19.4 Å². The Morgan fingerprint density at radius 3 is 2.55 bits per heavy atom. The largest absolute Gasteiger partial charge is 0.376 e. The molecule has 1 aromatic rings. The van der Waals surface area contributed by atoms with Crippen LogP contribution < -0.4 is 5.32 Å². The van der Waals surface area contributed by atoms with Crippen LogP contribution >= 0.6 is 0 Å². The third-order valence-corrected chi connectivity index (χ3v) is 6.53. The van der Waals surface area contributed by atoms with Crippen molar-refractivity contribution in [2.75, 3.05) is 32.8 Å². The predicted molar refractivity (Wildman–Crippen MR) is 113 cm³/mol. The van der Waals surface area contributed by atoms with Crippen LogP contribution in [0.25, 0.3) is 0 Å². The van der Waals surface area contributed by atoms with Crippen molar-refractivity contribution in [2.24, 2.45) is 0 Å². The lowest BCUT2D eigenvalue weighted by Gasteiger charge is -2.44. The zero-order chi connectivity index (χ0) is 21.8. The maximum Gasteiger partial charge on any atom is 0.256 e. The lowest BCUT2D eigenvalue weighted by Crippen LogP contribution is -2.60. The first kappa shape index (κ1) is 21.8. The van der Waals surface area contributed by atoms with Gasteiger partial charge in [-0.2, -0.15) is 0 Å². The Balaban J connectivity index is 1.53. The molecule has 4 rings (SSSR count). The van der Waals surface area contributed by atoms with E-state index in [2.05, 4.69) is 5.32 Å². The third kappa shape index (κ3) is 4.45. The monoisotopic (exact) mass is 429 g/mol. The van der Waals surface area contributed by atoms with E-state index in [9.17, 15) is 14.4 Å². The molecule has 0 bridgehead atoms. The summed E-state index contributed by atoms with van der Waals surface area (Å²) in [6.45, 7) is 4.18. The van der Waals surface area contributed by atoms with Gasteiger partial charge in [0.2, 0.25) is 11.8 Å². The molecule has 1 aromatic carbocycles. The van der Waals surface area contributed by atoms with E-state index < -0.39 is 11.8 Å². The number of carbonyl (C=O) groups is 3. The van der Waals surface area contributed by atoms with Crippen LogP contribution in [-0.4, -0.2) is 78.2 Å². The Bertz CT molecular complexity index is 801. The second-order valence-corrected chi connectivity index (χ2v) is 8.43. The van der Waals surface area contributed by atoms with Crippen molar-refractivity contribution in [3.63, 3.8) is 0 Å². The number of nitrogens with one attached hydrogen (secondary N) is 1. The summed E-state index contributed by atoms with van der Waals surface area (Å²) in [5.74, 6) is -0.339. The average Bonchev–Trinajstić information content (AvgIpc) is 3.46. The van der Waals surface area contributed by atoms with Gasteiger partial charge in [0.05, 0.1) is 12.7 Å². The minimum absolute atomic E-state index is 0.0294. The highest BCUT2D eigenvalue weighted by Crippen LogP contribution is 2.38. The molecule has 0 aliphatic carbocycles. The number of rotatable bonds is 5. The van der Waals surface area contributed by atoms with Crippen LogP contribution in [0.2, 0.25) is 0 Å². The molecule has 8 heteroatoms. The highest BCUT2D eigenvalue weighted by molar-refractivity contribution is 5.98. The summed E-state index contributed by atoms with van der Waals surface area (Å²) in [6, 6.07) is 8.28. The normalized spacial score (nSPS) is 25.1. The minimum Gasteiger partial charge on any atom is -0.376 e. The van der Waals surface area contributed by atoms with Gasteiger partial charge < -0.3 is 19.7 Å². The topological polar surface area (TPSA) is 88.2 Å². The summed E-state index contributed by atoms with van der Waals surface area (Å²) < 4.78 is 11.8. The van der Waals surface area contributed by atoms with Gasteiger partial charge in [-0.15, -0.1) is 0 Å². The van der Waals surface area contributed by atoms with Crippen molar-refractivity contribution in [3.05, 3.63) is 35.9 Å². The van der Waals surface area contributed by atoms with Crippen LogP contribution in [0.15, 0.2) is 30.3 Å². The zero-order valence-corrected chi connectivity index (χ0v) is 18.0. The van der Waals surface area contributed by atoms with Gasteiger partial charge in [-0.25, -0.2) is 0 Å². The first-order valence-electron chi connectivity index (χ1n) is 11.2. The highest BCUT2D eigenvalue weighted by Gasteiger charge is 2.54. The summed E-state index contributed by atoms with van der Waals surface area (Å²) in [5, 5.41) is 2.96. The molecule has 3 fully saturated rings. The molecule has 3 saturated heterocycles. The van der Waals surface area contributed by atoms with Crippen molar-refractivity contribution in [1.29, 1.82) is 0 Å². The number of benzene rings is 1. The summed E-state index contributed by atoms with van der Waals surface area (Å²) in [7, 11) is 0. The Morgan fingerprint density at radius 2 is 1.90 bits per heavy atom. The number of ether oxygens (including phenoxy) is 2. The molecule has 3 amide bonds. The molecule has 3 aliphatic heterocycles. The lowest BCUT2D eigenvalue weighted by atomic mass is 9.96. The second kappa shape index (κ2) is 9.36. The number of piperidine rings is 1. The Hall–Kier alpha value is -2.45. The Kier molecular flexibility index (Phi) is 6.57. The maximum atomic E-state index is 13.5. The lowest BCUT2D eigenvalue weighted by molar-refractivity contribution is -0.143. The molecule has 168 valence electrons. The second-order valence-electron chi connectivity index (χ2n) is 8.43. The van der Waals surface area contributed by atoms with E-state index in [1.54, 1.807) is 17.0 Å². The van der Waals surface area contributed by atoms with E-state index in [4.69, 9.17) is 9.47 Å². The molecule has 3 aliphatic rings. The smallest absolute Gasteiger partial charge is 0.256 e. The average molecular weight is 430 g/mol. The molecule has 3 heterocycles. The van der Waals surface area contributed by atoms with Crippen molar-refractivity contribution < 1.29 is 23.9 Å². The summed E-state index contributed by atoms with van der Waals surface area (Å²) in [4.78, 5) is 42.2. The quantitative estimate of drug-likeness (QED) is 0.767. The van der Waals surface area contributed by atoms with E-state index in [0.29, 0.717) is 44.5 Å². The fraction of sp³-hybridized carbons (Fsp3) is 0.609. The van der Waals surface area contributed by atoms with Crippen LogP contribution in [0.3, 0.4) is 0 Å². The van der Waals surface area contributed by atoms with Gasteiger partial charge in [0, 0.05) is 51.1 Å². The third-order valence-electron chi connectivity index (χ3n) is 6.53. The molecule has 1 N–H and O–H groups in total. The molecule has 0 saturated carbocycles. The van der Waals surface area contributed by atoms with Gasteiger partial charge in [0.1, 0.15) is 11.8 Å². The van der Waals surface area contributed by atoms with Crippen LogP contribution in [0.1, 0.15) is 49.4 Å². The van der Waals surface area contributed by atoms with E-state index in [-0.39, 0.29) is 30.4 Å². The fourth-order valence-corrected chi connectivity index (χ4v) is 4.75. The Labute approximate surface area is 182 Å². The number of nitrogens with zero attached hydrogens (tertiary/aromatic N) is 2. The van der Waals surface area contributed by atoms with Gasteiger partial charge in [-0.3, -0.25) is 19.3 Å². The van der Waals surface area contributed by atoms with Crippen LogP contribution in [0.4, 0.5) is 0 Å². The van der Waals surface area contributed by atoms with Gasteiger partial charge in [-0.05, 0) is 25.0 Å². The number of hydrogen-bond donors (Lipinski definition) is 1. The number of amides is 3. The molecular formula is C23H31N3O5. The molecule has 31 heavy (non-hydrogen) atoms. The van der Waals surface area contributed by atoms with Gasteiger partial charge >= 0.3 is 0 Å². The minimum atomic E-state index is -0.872. The first-order chi connectivity index (χ1) is 15.0. The highest BCUT2D eigenvalue weighted by atomic mass is 16.5. The molecule has 0 unspecified atom stereocenters. The standard InChI is InChI=1S/C23H31N3O5/c1-2-20(27)25-12-10-23(11-13-25)26(22(29)17-7-4-3-5-8-17)19(16-31-23)21(28)24-15-18-9-6-14-30-18/h3-5,7-8,18-19H,2,6,9-16H2,1H3,(H,24,28)/t18-,19+/m1/s1. The SMILES string of the molecule is CCC(=O)N1CCC2(CC1)OC[C@@H](C(=O)NC[C@H]1CCCO1)N2C(=O)c1ccccc1. The van der Waals surface area contributed by atoms with E-state index >= 15 is 0 Å². The molecule has 0 aromatic heterocycles. The van der Waals surface area contributed by atoms with Gasteiger partial charge in [0.15, 0.2) is 0 Å². The summed E-state index contributed by atoms with van der Waals surface area (Å²) >= 11 is 0. The Morgan fingerprint density at radius 1 is 1.16 bits per heavy atom. The first-order valence-corrected chi connectivity index (χ1v) is 11.2. The van der Waals surface area contributed by atoms with Crippen LogP contribution in [0, 0.1) is 0 Å². The molecule has 8 nitrogen and oxygen atoms in total. The summed E-state index contributed by atoms with van der Waals surface area (Å²) in [5.41, 5.74) is -0.347. The summed E-state index contributed by atoms with van der Waals surface area (Å²) in [6.07, 6.45) is 3.40.